The van der Waals surface area contributed by atoms with Crippen molar-refractivity contribution in [3.8, 4) is 5.75 Å². The first-order valence-corrected chi connectivity index (χ1v) is 7.77. The minimum atomic E-state index is -1.14. The third kappa shape index (κ3) is 7.13. The van der Waals surface area contributed by atoms with E-state index in [0.717, 1.165) is 5.56 Å². The second-order valence-corrected chi connectivity index (χ2v) is 5.92. The molecule has 0 saturated carbocycles. The molecule has 0 spiro atoms. The van der Waals surface area contributed by atoms with E-state index in [1.165, 1.54) is 0 Å². The van der Waals surface area contributed by atoms with Crippen LogP contribution in [-0.4, -0.2) is 42.1 Å². The Hall–Kier alpha value is -2.57. The molecule has 0 aliphatic rings. The number of hydrogen-bond acceptors (Lipinski definition) is 4. The number of amides is 2. The largest absolute Gasteiger partial charge is 0.484 e. The molecule has 132 valence electrons. The van der Waals surface area contributed by atoms with Crippen molar-refractivity contribution >= 4 is 17.8 Å². The molecule has 0 unspecified atom stereocenters. The van der Waals surface area contributed by atoms with Crippen LogP contribution in [0, 0.1) is 12.8 Å². The van der Waals surface area contributed by atoms with E-state index < -0.39 is 30.4 Å². The summed E-state index contributed by atoms with van der Waals surface area (Å²) in [6.07, 6.45) is 0.404. The zero-order valence-corrected chi connectivity index (χ0v) is 14.2. The molecule has 0 aliphatic heterocycles. The summed E-state index contributed by atoms with van der Waals surface area (Å²) in [4.78, 5) is 34.6. The summed E-state index contributed by atoms with van der Waals surface area (Å²) in [7, 11) is 0. The maximum absolute atomic E-state index is 12.0. The van der Waals surface area contributed by atoms with E-state index in [1.54, 1.807) is 12.1 Å². The Bertz CT molecular complexity index is 586. The van der Waals surface area contributed by atoms with E-state index in [2.05, 4.69) is 10.6 Å². The van der Waals surface area contributed by atoms with Crippen LogP contribution in [0.2, 0.25) is 0 Å². The van der Waals surface area contributed by atoms with E-state index in [1.807, 2.05) is 32.9 Å². The van der Waals surface area contributed by atoms with E-state index in [0.29, 0.717) is 12.2 Å². The maximum Gasteiger partial charge on any atom is 0.322 e. The van der Waals surface area contributed by atoms with Crippen LogP contribution in [0.1, 0.15) is 25.8 Å². The molecule has 2 amide bonds. The molecule has 1 atom stereocenters. The van der Waals surface area contributed by atoms with Crippen LogP contribution >= 0.6 is 0 Å². The van der Waals surface area contributed by atoms with Gasteiger partial charge in [0.15, 0.2) is 6.61 Å². The van der Waals surface area contributed by atoms with Gasteiger partial charge in [0.25, 0.3) is 5.91 Å². The van der Waals surface area contributed by atoms with Crippen molar-refractivity contribution < 1.29 is 24.2 Å². The second kappa shape index (κ2) is 9.54. The van der Waals surface area contributed by atoms with Crippen molar-refractivity contribution in [1.82, 2.24) is 10.6 Å². The number of para-hydroxylation sites is 1. The predicted molar refractivity (Wildman–Crippen MR) is 88.7 cm³/mol. The molecule has 0 heterocycles. The van der Waals surface area contributed by atoms with E-state index >= 15 is 0 Å². The highest BCUT2D eigenvalue weighted by atomic mass is 16.5. The standard InChI is InChI=1S/C17H24N2O5/c1-11(2)8-13(17(23)18-9-16(21)22)19-15(20)10-24-14-7-5-4-6-12(14)3/h4-7,11,13H,8-10H2,1-3H3,(H,18,23)(H,19,20)(H,21,22)/t13-/m0/s1. The quantitative estimate of drug-likeness (QED) is 0.626. The molecule has 0 saturated heterocycles. The molecule has 3 N–H and O–H groups in total. The fraction of sp³-hybridized carbons (Fsp3) is 0.471. The zero-order chi connectivity index (χ0) is 18.1. The van der Waals surface area contributed by atoms with Gasteiger partial charge in [0.1, 0.15) is 18.3 Å². The minimum absolute atomic E-state index is 0.156. The number of rotatable bonds is 9. The lowest BCUT2D eigenvalue weighted by atomic mass is 10.0. The Balaban J connectivity index is 2.58. The van der Waals surface area contributed by atoms with E-state index in [-0.39, 0.29) is 12.5 Å². The molecular formula is C17H24N2O5. The number of benzene rings is 1. The first kappa shape index (κ1) is 19.5. The summed E-state index contributed by atoms with van der Waals surface area (Å²) in [5, 5.41) is 13.5. The molecule has 24 heavy (non-hydrogen) atoms. The first-order chi connectivity index (χ1) is 11.3. The first-order valence-electron chi connectivity index (χ1n) is 7.77. The van der Waals surface area contributed by atoms with Crippen LogP contribution in [0.15, 0.2) is 24.3 Å². The number of hydrogen-bond donors (Lipinski definition) is 3. The highest BCUT2D eigenvalue weighted by Crippen LogP contribution is 2.15. The lowest BCUT2D eigenvalue weighted by Gasteiger charge is -2.20. The van der Waals surface area contributed by atoms with E-state index in [9.17, 15) is 14.4 Å². The summed E-state index contributed by atoms with van der Waals surface area (Å²) in [6, 6.07) is 6.51. The summed E-state index contributed by atoms with van der Waals surface area (Å²) in [5.41, 5.74) is 0.906. The third-order valence-electron chi connectivity index (χ3n) is 3.23. The minimum Gasteiger partial charge on any atom is -0.484 e. The molecule has 0 fully saturated rings. The van der Waals surface area contributed by atoms with Gasteiger partial charge in [0.2, 0.25) is 5.91 Å². The van der Waals surface area contributed by atoms with Crippen LogP contribution in [0.25, 0.3) is 0 Å². The fourth-order valence-corrected chi connectivity index (χ4v) is 2.09. The van der Waals surface area contributed by atoms with E-state index in [4.69, 9.17) is 9.84 Å². The van der Waals surface area contributed by atoms with Crippen molar-refractivity contribution in [3.05, 3.63) is 29.8 Å². The fourth-order valence-electron chi connectivity index (χ4n) is 2.09. The normalized spacial score (nSPS) is 11.7. The highest BCUT2D eigenvalue weighted by molar-refractivity contribution is 5.89. The lowest BCUT2D eigenvalue weighted by molar-refractivity contribution is -0.138. The average Bonchev–Trinajstić information content (AvgIpc) is 2.50. The Morgan fingerprint density at radius 1 is 1.21 bits per heavy atom. The van der Waals surface area contributed by atoms with Gasteiger partial charge in [-0.3, -0.25) is 14.4 Å². The molecule has 1 aromatic carbocycles. The zero-order valence-electron chi connectivity index (χ0n) is 14.2. The van der Waals surface area contributed by atoms with Gasteiger partial charge in [0, 0.05) is 0 Å². The topological polar surface area (TPSA) is 105 Å². The third-order valence-corrected chi connectivity index (χ3v) is 3.23. The smallest absolute Gasteiger partial charge is 0.322 e. The number of aryl methyl sites for hydroxylation is 1. The van der Waals surface area contributed by atoms with Gasteiger partial charge in [-0.15, -0.1) is 0 Å². The van der Waals surface area contributed by atoms with Crippen LogP contribution in [0.5, 0.6) is 5.75 Å². The molecule has 0 radical (unpaired) electrons. The Kier molecular flexibility index (Phi) is 7.74. The van der Waals surface area contributed by atoms with Crippen molar-refractivity contribution in [1.29, 1.82) is 0 Å². The molecular weight excluding hydrogens is 312 g/mol. The SMILES string of the molecule is Cc1ccccc1OCC(=O)N[C@@H](CC(C)C)C(=O)NCC(=O)O. The van der Waals surface area contributed by atoms with Crippen LogP contribution < -0.4 is 15.4 Å². The number of carbonyl (C=O) groups is 3. The predicted octanol–water partition coefficient (Wildman–Crippen LogP) is 1.11. The maximum atomic E-state index is 12.0. The van der Waals surface area contributed by atoms with Crippen molar-refractivity contribution in [2.24, 2.45) is 5.92 Å². The highest BCUT2D eigenvalue weighted by Gasteiger charge is 2.22. The number of aliphatic carboxylic acids is 1. The Morgan fingerprint density at radius 2 is 1.88 bits per heavy atom. The molecule has 7 heteroatoms. The van der Waals surface area contributed by atoms with Gasteiger partial charge in [-0.1, -0.05) is 32.0 Å². The van der Waals surface area contributed by atoms with Crippen molar-refractivity contribution in [3.63, 3.8) is 0 Å². The summed E-state index contributed by atoms with van der Waals surface area (Å²) < 4.78 is 5.44. The second-order valence-electron chi connectivity index (χ2n) is 5.92. The Labute approximate surface area is 141 Å². The number of carboxylic acid groups (broad SMARTS) is 1. The number of carbonyl (C=O) groups excluding carboxylic acids is 2. The molecule has 0 bridgehead atoms. The summed E-state index contributed by atoms with van der Waals surface area (Å²) in [6.45, 7) is 4.99. The monoisotopic (exact) mass is 336 g/mol. The van der Waals surface area contributed by atoms with Gasteiger partial charge in [-0.05, 0) is 30.9 Å². The molecule has 0 aliphatic carbocycles. The van der Waals surface area contributed by atoms with Crippen LogP contribution in [-0.2, 0) is 14.4 Å². The Morgan fingerprint density at radius 3 is 2.46 bits per heavy atom. The van der Waals surface area contributed by atoms with Crippen molar-refractivity contribution in [2.45, 2.75) is 33.2 Å². The number of carboxylic acids is 1. The molecule has 1 rings (SSSR count). The number of ether oxygens (including phenoxy) is 1. The van der Waals surface area contributed by atoms with Crippen molar-refractivity contribution in [2.75, 3.05) is 13.2 Å². The molecule has 7 nitrogen and oxygen atoms in total. The summed E-state index contributed by atoms with van der Waals surface area (Å²) >= 11 is 0. The average molecular weight is 336 g/mol. The lowest BCUT2D eigenvalue weighted by Crippen LogP contribution is -2.49. The number of nitrogens with one attached hydrogen (secondary N) is 2. The molecule has 1 aromatic rings. The van der Waals surface area contributed by atoms with Gasteiger partial charge in [-0.2, -0.15) is 0 Å². The summed E-state index contributed by atoms with van der Waals surface area (Å²) in [5.74, 6) is -1.34. The van der Waals surface area contributed by atoms with Gasteiger partial charge < -0.3 is 20.5 Å². The van der Waals surface area contributed by atoms with Crippen LogP contribution in [0.3, 0.4) is 0 Å². The van der Waals surface area contributed by atoms with Crippen LogP contribution in [0.4, 0.5) is 0 Å². The van der Waals surface area contributed by atoms with Gasteiger partial charge >= 0.3 is 5.97 Å². The van der Waals surface area contributed by atoms with Gasteiger partial charge in [0.05, 0.1) is 0 Å². The van der Waals surface area contributed by atoms with Gasteiger partial charge in [-0.25, -0.2) is 0 Å². The molecule has 0 aromatic heterocycles.